The number of esters is 1. The molecule has 0 aromatic heterocycles. The lowest BCUT2D eigenvalue weighted by Gasteiger charge is -2.43. The number of hydrogen-bond donors (Lipinski definition) is 3. The van der Waals surface area contributed by atoms with Crippen LogP contribution in [0.15, 0.2) is 121 Å². The molecule has 5 aromatic rings. The predicted octanol–water partition coefficient (Wildman–Crippen LogP) is 7.72. The Morgan fingerprint density at radius 2 is 1.50 bits per heavy atom. The van der Waals surface area contributed by atoms with E-state index in [4.69, 9.17) is 14.2 Å². The van der Waals surface area contributed by atoms with Crippen LogP contribution in [0.3, 0.4) is 0 Å². The number of carbonyl (C=O) groups excluding carboxylic acids is 2. The maximum Gasteiger partial charge on any atom is 0.328 e. The van der Waals surface area contributed by atoms with Crippen molar-refractivity contribution in [3.8, 4) is 0 Å². The molecule has 6 rings (SSSR count). The monoisotopic (exact) mass is 701 g/mol. The Hall–Kier alpha value is -5.06. The quantitative estimate of drug-likeness (QED) is 0.114. The number of urea groups is 1. The lowest BCUT2D eigenvalue weighted by Crippen LogP contribution is -2.45. The van der Waals surface area contributed by atoms with Crippen LogP contribution in [0.5, 0.6) is 0 Å². The van der Waals surface area contributed by atoms with Crippen LogP contribution in [0.25, 0.3) is 10.8 Å². The fourth-order valence-electron chi connectivity index (χ4n) is 6.73. The van der Waals surface area contributed by atoms with E-state index in [0.717, 1.165) is 22.3 Å². The number of amides is 2. The SMILES string of the molecule is COC(=O)[C@H](Cc1ccccc1)NC(=O)Nc1ccc([C@@H]2O[C@H](CN(C)[C@H](C)c3ccc4ccccc4c3)[C@H](C)[C@H](c3ccc(CO)cc3)O2)cc1. The molecule has 0 spiro atoms. The number of carbonyl (C=O) groups is 2. The van der Waals surface area contributed by atoms with Crippen molar-refractivity contribution in [3.05, 3.63) is 149 Å². The van der Waals surface area contributed by atoms with E-state index in [-0.39, 0.29) is 30.8 Å². The maximum atomic E-state index is 13.0. The van der Waals surface area contributed by atoms with Crippen LogP contribution in [-0.4, -0.2) is 54.9 Å². The number of likely N-dealkylation sites (N-methyl/N-ethyl adjacent to an activating group) is 1. The Morgan fingerprint density at radius 3 is 2.19 bits per heavy atom. The molecular formula is C43H47N3O6. The summed E-state index contributed by atoms with van der Waals surface area (Å²) in [4.78, 5) is 27.7. The molecule has 0 radical (unpaired) electrons. The summed E-state index contributed by atoms with van der Waals surface area (Å²) in [6.45, 7) is 5.02. The van der Waals surface area contributed by atoms with Gasteiger partial charge in [-0.2, -0.15) is 0 Å². The molecule has 9 heteroatoms. The van der Waals surface area contributed by atoms with Crippen LogP contribution in [0.1, 0.15) is 60.1 Å². The maximum absolute atomic E-state index is 13.0. The zero-order chi connectivity index (χ0) is 36.6. The van der Waals surface area contributed by atoms with Crippen LogP contribution >= 0.6 is 0 Å². The van der Waals surface area contributed by atoms with Gasteiger partial charge in [-0.05, 0) is 65.2 Å². The van der Waals surface area contributed by atoms with E-state index < -0.39 is 24.3 Å². The summed E-state index contributed by atoms with van der Waals surface area (Å²) in [5.41, 5.74) is 5.34. The number of hydrogen-bond acceptors (Lipinski definition) is 7. The van der Waals surface area contributed by atoms with Crippen molar-refractivity contribution in [1.29, 1.82) is 0 Å². The third-order valence-electron chi connectivity index (χ3n) is 10.0. The summed E-state index contributed by atoms with van der Waals surface area (Å²) < 4.78 is 18.3. The van der Waals surface area contributed by atoms with Crippen LogP contribution in [0.4, 0.5) is 10.5 Å². The Balaban J connectivity index is 1.17. The van der Waals surface area contributed by atoms with E-state index in [1.54, 1.807) is 12.1 Å². The molecule has 1 heterocycles. The molecule has 1 saturated heterocycles. The summed E-state index contributed by atoms with van der Waals surface area (Å²) in [5, 5.41) is 17.6. The molecule has 6 atom stereocenters. The van der Waals surface area contributed by atoms with E-state index in [9.17, 15) is 14.7 Å². The molecule has 3 N–H and O–H groups in total. The van der Waals surface area contributed by atoms with Crippen LogP contribution < -0.4 is 10.6 Å². The van der Waals surface area contributed by atoms with E-state index >= 15 is 0 Å². The Labute approximate surface area is 305 Å². The molecule has 5 aromatic carbocycles. The first kappa shape index (κ1) is 36.7. The number of nitrogens with one attached hydrogen (secondary N) is 2. The van der Waals surface area contributed by atoms with Crippen molar-refractivity contribution < 1.29 is 28.9 Å². The van der Waals surface area contributed by atoms with Gasteiger partial charge < -0.3 is 30.0 Å². The summed E-state index contributed by atoms with van der Waals surface area (Å²) >= 11 is 0. The molecule has 1 aliphatic rings. The topological polar surface area (TPSA) is 109 Å². The van der Waals surface area contributed by atoms with Gasteiger partial charge in [-0.1, -0.05) is 110 Å². The number of anilines is 1. The molecule has 1 fully saturated rings. The largest absolute Gasteiger partial charge is 0.467 e. The van der Waals surface area contributed by atoms with E-state index in [1.165, 1.54) is 23.4 Å². The minimum Gasteiger partial charge on any atom is -0.467 e. The minimum absolute atomic E-state index is 0.0192. The third-order valence-corrected chi connectivity index (χ3v) is 10.0. The second-order valence-corrected chi connectivity index (χ2v) is 13.5. The molecule has 270 valence electrons. The van der Waals surface area contributed by atoms with Crippen molar-refractivity contribution in [1.82, 2.24) is 10.2 Å². The van der Waals surface area contributed by atoms with Crippen LogP contribution in [0, 0.1) is 5.92 Å². The number of fused-ring (bicyclic) bond motifs is 1. The highest BCUT2D eigenvalue weighted by molar-refractivity contribution is 5.92. The van der Waals surface area contributed by atoms with Crippen molar-refractivity contribution in [3.63, 3.8) is 0 Å². The van der Waals surface area contributed by atoms with Crippen molar-refractivity contribution in [2.45, 2.75) is 57.5 Å². The molecule has 0 saturated carbocycles. The minimum atomic E-state index is -0.847. The van der Waals surface area contributed by atoms with E-state index in [0.29, 0.717) is 18.7 Å². The highest BCUT2D eigenvalue weighted by atomic mass is 16.7. The third kappa shape index (κ3) is 8.86. The van der Waals surface area contributed by atoms with Gasteiger partial charge in [0.15, 0.2) is 6.29 Å². The average Bonchev–Trinajstić information content (AvgIpc) is 3.18. The van der Waals surface area contributed by atoms with Gasteiger partial charge in [0, 0.05) is 36.2 Å². The number of ether oxygens (including phenoxy) is 3. The Kier molecular flexibility index (Phi) is 12.0. The molecule has 0 aliphatic carbocycles. The van der Waals surface area contributed by atoms with Crippen LogP contribution in [0.2, 0.25) is 0 Å². The lowest BCUT2D eigenvalue weighted by atomic mass is 9.89. The Morgan fingerprint density at radius 1 is 0.827 bits per heavy atom. The molecule has 2 amide bonds. The zero-order valence-corrected chi connectivity index (χ0v) is 30.1. The summed E-state index contributed by atoms with van der Waals surface area (Å²) in [5.74, 6) is -0.506. The van der Waals surface area contributed by atoms with Gasteiger partial charge in [0.1, 0.15) is 6.04 Å². The van der Waals surface area contributed by atoms with Gasteiger partial charge in [0.05, 0.1) is 25.9 Å². The summed E-state index contributed by atoms with van der Waals surface area (Å²) in [7, 11) is 3.43. The van der Waals surface area contributed by atoms with Gasteiger partial charge in [-0.25, -0.2) is 9.59 Å². The number of aliphatic hydroxyl groups is 1. The highest BCUT2D eigenvalue weighted by Crippen LogP contribution is 2.42. The normalized spacial score (nSPS) is 19.9. The fourth-order valence-corrected chi connectivity index (χ4v) is 6.73. The zero-order valence-electron chi connectivity index (χ0n) is 30.1. The highest BCUT2D eigenvalue weighted by Gasteiger charge is 2.39. The standard InChI is InChI=1S/C43H47N3O6/c1-28-39(26-46(3)29(2)35-19-18-32-12-8-9-13-36(32)25-35)51-42(52-40(28)33-16-14-31(27-47)15-17-33)34-20-22-37(23-21-34)44-43(49)45-38(41(48)50-4)24-30-10-6-5-7-11-30/h5-23,25,28-29,38-40,42,47H,24,26-27H2,1-4H3,(H2,44,45,49)/t28-,29+,38-,39+,40+,42+/m0/s1. The number of methoxy groups -OCH3 is 1. The van der Waals surface area contributed by atoms with E-state index in [2.05, 4.69) is 78.9 Å². The lowest BCUT2D eigenvalue weighted by molar-refractivity contribution is -0.276. The number of aliphatic hydroxyl groups excluding tert-OH is 1. The second-order valence-electron chi connectivity index (χ2n) is 13.5. The van der Waals surface area contributed by atoms with Gasteiger partial charge in [-0.15, -0.1) is 0 Å². The average molecular weight is 702 g/mol. The molecule has 9 nitrogen and oxygen atoms in total. The smallest absolute Gasteiger partial charge is 0.328 e. The summed E-state index contributed by atoms with van der Waals surface area (Å²) in [6, 6.07) is 38.5. The van der Waals surface area contributed by atoms with Gasteiger partial charge in [0.2, 0.25) is 0 Å². The van der Waals surface area contributed by atoms with Crippen molar-refractivity contribution in [2.75, 3.05) is 26.0 Å². The molecule has 52 heavy (non-hydrogen) atoms. The van der Waals surface area contributed by atoms with Crippen molar-refractivity contribution >= 4 is 28.5 Å². The van der Waals surface area contributed by atoms with Gasteiger partial charge >= 0.3 is 12.0 Å². The Bertz CT molecular complexity index is 1940. The first-order valence-electron chi connectivity index (χ1n) is 17.7. The molecule has 0 bridgehead atoms. The molecule has 0 unspecified atom stereocenters. The van der Waals surface area contributed by atoms with Gasteiger partial charge in [-0.3, -0.25) is 4.90 Å². The molecular weight excluding hydrogens is 654 g/mol. The fraction of sp³-hybridized carbons (Fsp3) is 0.302. The van der Waals surface area contributed by atoms with Crippen molar-refractivity contribution in [2.24, 2.45) is 5.92 Å². The van der Waals surface area contributed by atoms with Gasteiger partial charge in [0.25, 0.3) is 0 Å². The number of benzene rings is 5. The molecule has 1 aliphatic heterocycles. The summed E-state index contributed by atoms with van der Waals surface area (Å²) in [6.07, 6.45) is -0.789. The number of rotatable bonds is 12. The number of nitrogens with zero attached hydrogens (tertiary/aromatic N) is 1. The van der Waals surface area contributed by atoms with E-state index in [1.807, 2.05) is 66.7 Å². The predicted molar refractivity (Wildman–Crippen MR) is 203 cm³/mol. The van der Waals surface area contributed by atoms with Crippen LogP contribution in [-0.2, 0) is 32.0 Å². The first-order chi connectivity index (χ1) is 25.2. The first-order valence-corrected chi connectivity index (χ1v) is 17.7. The second kappa shape index (κ2) is 17.0.